The monoisotopic (exact) mass is 332 g/mol. The minimum Gasteiger partial charge on any atom is -0.356 e. The first kappa shape index (κ1) is 17.2. The van der Waals surface area contributed by atoms with Crippen molar-refractivity contribution in [1.82, 2.24) is 10.3 Å². The van der Waals surface area contributed by atoms with Crippen LogP contribution in [0.3, 0.4) is 0 Å². The second-order valence-electron chi connectivity index (χ2n) is 6.28. The molecule has 0 aliphatic carbocycles. The van der Waals surface area contributed by atoms with Crippen LogP contribution >= 0.6 is 0 Å². The van der Waals surface area contributed by atoms with Gasteiger partial charge in [-0.25, -0.2) is 0 Å². The lowest BCUT2D eigenvalue weighted by Crippen LogP contribution is -2.23. The van der Waals surface area contributed by atoms with Gasteiger partial charge in [0.2, 0.25) is 5.91 Å². The fraction of sp³-hybridized carbons (Fsp3) is 0.273. The number of aryl methyl sites for hydroxylation is 1. The van der Waals surface area contributed by atoms with E-state index < -0.39 is 0 Å². The molecule has 3 nitrogen and oxygen atoms in total. The van der Waals surface area contributed by atoms with E-state index in [0.29, 0.717) is 6.42 Å². The first-order valence-corrected chi connectivity index (χ1v) is 8.93. The highest BCUT2D eigenvalue weighted by Crippen LogP contribution is 2.19. The fourth-order valence-electron chi connectivity index (χ4n) is 2.99. The molecule has 0 spiro atoms. The van der Waals surface area contributed by atoms with E-state index in [1.807, 2.05) is 13.1 Å². The molecule has 0 saturated carbocycles. The van der Waals surface area contributed by atoms with Crippen molar-refractivity contribution in [3.8, 4) is 0 Å². The van der Waals surface area contributed by atoms with Crippen molar-refractivity contribution in [3.05, 3.63) is 77.6 Å². The number of hydrogen-bond acceptors (Lipinski definition) is 2. The van der Waals surface area contributed by atoms with Crippen molar-refractivity contribution < 1.29 is 4.79 Å². The molecule has 0 unspecified atom stereocenters. The summed E-state index contributed by atoms with van der Waals surface area (Å²) in [7, 11) is 0. The Morgan fingerprint density at radius 1 is 1.00 bits per heavy atom. The number of benzene rings is 2. The van der Waals surface area contributed by atoms with Crippen molar-refractivity contribution in [2.45, 2.75) is 32.6 Å². The minimum absolute atomic E-state index is 0.123. The molecule has 25 heavy (non-hydrogen) atoms. The maximum atomic E-state index is 11.2. The highest BCUT2D eigenvalue weighted by Gasteiger charge is 2.04. The molecule has 1 amide bonds. The zero-order chi connectivity index (χ0) is 17.5. The van der Waals surface area contributed by atoms with Gasteiger partial charge in [-0.1, -0.05) is 55.5 Å². The van der Waals surface area contributed by atoms with Gasteiger partial charge in [0.05, 0.1) is 5.69 Å². The van der Waals surface area contributed by atoms with Crippen LogP contribution < -0.4 is 5.32 Å². The molecule has 128 valence electrons. The van der Waals surface area contributed by atoms with Crippen LogP contribution in [-0.4, -0.2) is 17.4 Å². The van der Waals surface area contributed by atoms with Crippen molar-refractivity contribution in [3.63, 3.8) is 0 Å². The van der Waals surface area contributed by atoms with Gasteiger partial charge in [0, 0.05) is 31.0 Å². The van der Waals surface area contributed by atoms with E-state index in [1.54, 1.807) is 0 Å². The summed E-state index contributed by atoms with van der Waals surface area (Å²) in [6, 6.07) is 19.2. The Morgan fingerprint density at radius 3 is 2.56 bits per heavy atom. The quantitative estimate of drug-likeness (QED) is 0.656. The Bertz CT molecular complexity index is 835. The molecule has 1 heterocycles. The highest BCUT2D eigenvalue weighted by molar-refractivity contribution is 5.84. The van der Waals surface area contributed by atoms with Crippen LogP contribution in [-0.2, 0) is 17.6 Å². The third-order valence-corrected chi connectivity index (χ3v) is 4.44. The van der Waals surface area contributed by atoms with Crippen LogP contribution in [0.1, 0.15) is 36.6 Å². The fourth-order valence-corrected chi connectivity index (χ4v) is 2.99. The predicted octanol–water partition coefficient (Wildman–Crippen LogP) is 4.28. The number of amides is 1. The second kappa shape index (κ2) is 8.43. The largest absolute Gasteiger partial charge is 0.356 e. The summed E-state index contributed by atoms with van der Waals surface area (Å²) >= 11 is 0. The maximum absolute atomic E-state index is 11.2. The molecule has 0 fully saturated rings. The first-order chi connectivity index (χ1) is 12.3. The van der Waals surface area contributed by atoms with Gasteiger partial charge < -0.3 is 5.32 Å². The van der Waals surface area contributed by atoms with Gasteiger partial charge in [-0.3, -0.25) is 9.78 Å². The summed E-state index contributed by atoms with van der Waals surface area (Å²) in [6.07, 6.45) is 5.23. The van der Waals surface area contributed by atoms with Gasteiger partial charge in [-0.2, -0.15) is 0 Å². The third-order valence-electron chi connectivity index (χ3n) is 4.44. The van der Waals surface area contributed by atoms with E-state index in [9.17, 15) is 4.79 Å². The molecule has 3 aromatic rings. The molecule has 1 aromatic heterocycles. The van der Waals surface area contributed by atoms with E-state index in [1.165, 1.54) is 21.9 Å². The molecule has 3 heteroatoms. The van der Waals surface area contributed by atoms with Crippen LogP contribution in [0.2, 0.25) is 0 Å². The van der Waals surface area contributed by atoms with Crippen LogP contribution in [0.5, 0.6) is 0 Å². The Balaban J connectivity index is 1.60. The molecule has 0 aliphatic rings. The Kier molecular flexibility index (Phi) is 5.78. The lowest BCUT2D eigenvalue weighted by atomic mass is 10.0. The van der Waals surface area contributed by atoms with Gasteiger partial charge in [0.1, 0.15) is 0 Å². The van der Waals surface area contributed by atoms with Crippen molar-refractivity contribution in [2.24, 2.45) is 0 Å². The number of carbonyl (C=O) groups is 1. The summed E-state index contributed by atoms with van der Waals surface area (Å²) in [4.78, 5) is 15.8. The van der Waals surface area contributed by atoms with Crippen LogP contribution in [0.15, 0.2) is 60.8 Å². The standard InChI is InChI=1S/C22H24N2O/c1-2-22(25)24-14-5-6-17-9-11-18(12-10-17)16-21-20-8-4-3-7-19(20)13-15-23-21/h3-4,7-13,15H,2,5-6,14,16H2,1H3,(H,24,25). The number of rotatable bonds is 7. The molecule has 0 saturated heterocycles. The maximum Gasteiger partial charge on any atom is 0.219 e. The predicted molar refractivity (Wildman–Crippen MR) is 103 cm³/mol. The van der Waals surface area contributed by atoms with E-state index in [4.69, 9.17) is 0 Å². The first-order valence-electron chi connectivity index (χ1n) is 8.93. The molecule has 0 atom stereocenters. The van der Waals surface area contributed by atoms with E-state index >= 15 is 0 Å². The van der Waals surface area contributed by atoms with E-state index in [-0.39, 0.29) is 5.91 Å². The Labute approximate surface area is 149 Å². The minimum atomic E-state index is 0.123. The van der Waals surface area contributed by atoms with E-state index in [0.717, 1.165) is 31.5 Å². The Hall–Kier alpha value is -2.68. The van der Waals surface area contributed by atoms with Gasteiger partial charge in [-0.05, 0) is 35.4 Å². The van der Waals surface area contributed by atoms with Gasteiger partial charge in [0.15, 0.2) is 0 Å². The summed E-state index contributed by atoms with van der Waals surface area (Å²) in [5, 5.41) is 5.37. The van der Waals surface area contributed by atoms with Gasteiger partial charge in [0.25, 0.3) is 0 Å². The molecule has 0 bridgehead atoms. The SMILES string of the molecule is CCC(=O)NCCCc1ccc(Cc2nccc3ccccc23)cc1. The zero-order valence-corrected chi connectivity index (χ0v) is 14.7. The summed E-state index contributed by atoms with van der Waals surface area (Å²) in [6.45, 7) is 2.62. The van der Waals surface area contributed by atoms with Crippen LogP contribution in [0.4, 0.5) is 0 Å². The van der Waals surface area contributed by atoms with Crippen molar-refractivity contribution in [1.29, 1.82) is 0 Å². The summed E-state index contributed by atoms with van der Waals surface area (Å²) < 4.78 is 0. The molecular formula is C22H24N2O. The highest BCUT2D eigenvalue weighted by atomic mass is 16.1. The van der Waals surface area contributed by atoms with Gasteiger partial charge >= 0.3 is 0 Å². The number of nitrogens with one attached hydrogen (secondary N) is 1. The normalized spacial score (nSPS) is 10.8. The average molecular weight is 332 g/mol. The number of aromatic nitrogens is 1. The van der Waals surface area contributed by atoms with Crippen molar-refractivity contribution >= 4 is 16.7 Å². The lowest BCUT2D eigenvalue weighted by Gasteiger charge is -2.07. The molecule has 0 radical (unpaired) electrons. The third kappa shape index (κ3) is 4.66. The number of nitrogens with zero attached hydrogens (tertiary/aromatic N) is 1. The molecule has 2 aromatic carbocycles. The Morgan fingerprint density at radius 2 is 1.76 bits per heavy atom. The summed E-state index contributed by atoms with van der Waals surface area (Å²) in [5.74, 6) is 0.123. The van der Waals surface area contributed by atoms with Crippen molar-refractivity contribution in [2.75, 3.05) is 6.54 Å². The molecular weight excluding hydrogens is 308 g/mol. The van der Waals surface area contributed by atoms with Crippen LogP contribution in [0.25, 0.3) is 10.8 Å². The smallest absolute Gasteiger partial charge is 0.219 e. The zero-order valence-electron chi connectivity index (χ0n) is 14.7. The van der Waals surface area contributed by atoms with E-state index in [2.05, 4.69) is 64.9 Å². The number of pyridine rings is 1. The summed E-state index contributed by atoms with van der Waals surface area (Å²) in [5.41, 5.74) is 3.69. The second-order valence-corrected chi connectivity index (χ2v) is 6.28. The van der Waals surface area contributed by atoms with Crippen LogP contribution in [0, 0.1) is 0 Å². The molecule has 1 N–H and O–H groups in total. The molecule has 3 rings (SSSR count). The topological polar surface area (TPSA) is 42.0 Å². The number of fused-ring (bicyclic) bond motifs is 1. The number of hydrogen-bond donors (Lipinski definition) is 1. The average Bonchev–Trinajstić information content (AvgIpc) is 2.66. The van der Waals surface area contributed by atoms with Gasteiger partial charge in [-0.15, -0.1) is 0 Å². The lowest BCUT2D eigenvalue weighted by molar-refractivity contribution is -0.120. The number of carbonyl (C=O) groups excluding carboxylic acids is 1. The molecule has 0 aliphatic heterocycles.